The Labute approximate surface area is 206 Å². The summed E-state index contributed by atoms with van der Waals surface area (Å²) in [6, 6.07) is 15.9. The molecule has 0 saturated heterocycles. The Balaban J connectivity index is 1.91. The van der Waals surface area contributed by atoms with E-state index in [1.54, 1.807) is 12.1 Å². The molecule has 0 aliphatic heterocycles. The van der Waals surface area contributed by atoms with Gasteiger partial charge in [-0.05, 0) is 25.5 Å². The van der Waals surface area contributed by atoms with E-state index in [1.165, 1.54) is 13.0 Å². The third kappa shape index (κ3) is 4.82. The number of hydrogen-bond acceptors (Lipinski definition) is 5. The Hall–Kier alpha value is -4.51. The molecule has 3 aromatic rings. The Bertz CT molecular complexity index is 1520. The van der Waals surface area contributed by atoms with E-state index in [0.29, 0.717) is 12.2 Å². The van der Waals surface area contributed by atoms with Gasteiger partial charge in [-0.2, -0.15) is 5.26 Å². The van der Waals surface area contributed by atoms with Crippen molar-refractivity contribution in [3.63, 3.8) is 0 Å². The zero-order chi connectivity index (χ0) is 25.8. The monoisotopic (exact) mass is 487 g/mol. The van der Waals surface area contributed by atoms with E-state index in [4.69, 9.17) is 4.74 Å². The van der Waals surface area contributed by atoms with Crippen molar-refractivity contribution in [3.05, 3.63) is 76.3 Å². The van der Waals surface area contributed by atoms with E-state index in [0.717, 1.165) is 23.0 Å². The van der Waals surface area contributed by atoms with E-state index >= 15 is 0 Å². The Morgan fingerprint density at radius 1 is 1.19 bits per heavy atom. The minimum absolute atomic E-state index is 0.0803. The number of para-hydroxylation sites is 1. The van der Waals surface area contributed by atoms with Gasteiger partial charge in [0.15, 0.2) is 5.83 Å². The third-order valence-electron chi connectivity index (χ3n) is 5.77. The maximum absolute atomic E-state index is 14.3. The molecule has 6 nitrogen and oxygen atoms in total. The average molecular weight is 488 g/mol. The summed E-state index contributed by atoms with van der Waals surface area (Å²) in [5, 5.41) is 22.6. The number of nitrogens with one attached hydrogen (secondary N) is 1. The fourth-order valence-electron chi connectivity index (χ4n) is 3.96. The number of carboxylic acid groups (broad SMARTS) is 1. The average Bonchev–Trinajstić information content (AvgIpc) is 3.02. The summed E-state index contributed by atoms with van der Waals surface area (Å²) in [6.07, 6.45) is 2.02. The van der Waals surface area contributed by atoms with Gasteiger partial charge in [-0.1, -0.05) is 48.5 Å². The molecule has 1 aliphatic rings. The highest BCUT2D eigenvalue weighted by Gasteiger charge is 2.21. The molecule has 182 valence electrons. The molecule has 4 rings (SSSR count). The second-order valence-electron chi connectivity index (χ2n) is 8.14. The highest BCUT2D eigenvalue weighted by atomic mass is 19.2. The number of aromatic nitrogens is 1. The lowest BCUT2D eigenvalue weighted by molar-refractivity contribution is -0.137. The fourth-order valence-corrected chi connectivity index (χ4v) is 3.96. The number of nitriles is 1. The van der Waals surface area contributed by atoms with Crippen LogP contribution < -0.4 is 20.6 Å². The van der Waals surface area contributed by atoms with Gasteiger partial charge in [-0.15, -0.1) is 0 Å². The van der Waals surface area contributed by atoms with Crippen LogP contribution in [0.1, 0.15) is 25.8 Å². The quantitative estimate of drug-likeness (QED) is 0.502. The van der Waals surface area contributed by atoms with Crippen LogP contribution in [0, 0.1) is 11.3 Å². The molecule has 0 bridgehead atoms. The van der Waals surface area contributed by atoms with Gasteiger partial charge in [0.05, 0.1) is 23.3 Å². The summed E-state index contributed by atoms with van der Waals surface area (Å²) < 4.78 is 34.1. The zero-order valence-corrected chi connectivity index (χ0v) is 19.7. The predicted molar refractivity (Wildman–Crippen MR) is 134 cm³/mol. The standard InChI is InChI=1S/C28H23F2N3O3/c1-3-36-25-7-5-4-6-19(25)17-8-10-18(11-9-17)26-21(15-31)27(32-16(2)28(34)35)20-12-13-22(29)23(30)14-24(20)33-26/h4-12,14,16,32H,3,13H2,1-2H3,(H,34,35). The molecule has 8 heteroatoms. The summed E-state index contributed by atoms with van der Waals surface area (Å²) >= 11 is 0. The van der Waals surface area contributed by atoms with Gasteiger partial charge in [-0.25, -0.2) is 13.8 Å². The molecule has 0 fully saturated rings. The highest BCUT2D eigenvalue weighted by molar-refractivity contribution is 5.82. The van der Waals surface area contributed by atoms with Crippen LogP contribution in [0.3, 0.4) is 0 Å². The van der Waals surface area contributed by atoms with Gasteiger partial charge in [0.1, 0.15) is 29.3 Å². The van der Waals surface area contributed by atoms with Crippen LogP contribution in [0.25, 0.3) is 34.5 Å². The van der Waals surface area contributed by atoms with E-state index in [2.05, 4.69) is 16.4 Å². The number of rotatable bonds is 7. The van der Waals surface area contributed by atoms with Crippen molar-refractivity contribution in [3.8, 4) is 34.2 Å². The Kier molecular flexibility index (Phi) is 7.11. The first kappa shape index (κ1) is 24.6. The van der Waals surface area contributed by atoms with E-state index in [9.17, 15) is 23.9 Å². The van der Waals surface area contributed by atoms with Gasteiger partial charge < -0.3 is 15.2 Å². The van der Waals surface area contributed by atoms with Crippen molar-refractivity contribution in [2.75, 3.05) is 11.9 Å². The first-order chi connectivity index (χ1) is 17.3. The summed E-state index contributed by atoms with van der Waals surface area (Å²) in [5.41, 5.74) is 2.80. The molecule has 0 radical (unpaired) electrons. The fraction of sp³-hybridized carbons (Fsp3) is 0.179. The number of aliphatic carboxylic acids is 1. The number of anilines is 1. The number of allylic oxidation sites excluding steroid dienone is 2. The molecule has 1 atom stereocenters. The van der Waals surface area contributed by atoms with E-state index < -0.39 is 23.7 Å². The number of pyridine rings is 1. The molecule has 2 N–H and O–H groups in total. The summed E-state index contributed by atoms with van der Waals surface area (Å²) in [5.74, 6) is -2.44. The second-order valence-corrected chi connectivity index (χ2v) is 8.14. The lowest BCUT2D eigenvalue weighted by Gasteiger charge is -2.16. The molecule has 1 heterocycles. The SMILES string of the molecule is CCOc1ccccc1-c1ccc(-c2nc3c(c(NC(C)C(=O)O)c2C#N)=CCC(F)=C(F)C=3)cc1. The van der Waals surface area contributed by atoms with Crippen LogP contribution in [0.2, 0.25) is 0 Å². The van der Waals surface area contributed by atoms with Crippen molar-refractivity contribution in [1.82, 2.24) is 4.98 Å². The van der Waals surface area contributed by atoms with Gasteiger partial charge >= 0.3 is 5.97 Å². The van der Waals surface area contributed by atoms with Gasteiger partial charge in [0, 0.05) is 28.8 Å². The van der Waals surface area contributed by atoms with Crippen LogP contribution in [-0.4, -0.2) is 28.7 Å². The number of carboxylic acids is 1. The minimum Gasteiger partial charge on any atom is -0.493 e. The van der Waals surface area contributed by atoms with Crippen LogP contribution in [0.5, 0.6) is 5.75 Å². The lowest BCUT2D eigenvalue weighted by atomic mass is 9.98. The Morgan fingerprint density at radius 2 is 1.89 bits per heavy atom. The predicted octanol–water partition coefficient (Wildman–Crippen LogP) is 4.69. The first-order valence-electron chi connectivity index (χ1n) is 11.4. The summed E-state index contributed by atoms with van der Waals surface area (Å²) in [7, 11) is 0. The number of halogens is 2. The molecule has 0 amide bonds. The van der Waals surface area contributed by atoms with Crippen LogP contribution in [0.15, 0.2) is 60.2 Å². The molecular weight excluding hydrogens is 464 g/mol. The van der Waals surface area contributed by atoms with E-state index in [1.807, 2.05) is 43.3 Å². The maximum Gasteiger partial charge on any atom is 0.325 e. The van der Waals surface area contributed by atoms with Crippen molar-refractivity contribution in [1.29, 1.82) is 5.26 Å². The number of hydrogen-bond donors (Lipinski definition) is 2. The number of fused-ring (bicyclic) bond motifs is 1. The largest absolute Gasteiger partial charge is 0.493 e. The van der Waals surface area contributed by atoms with Gasteiger partial charge in [-0.3, -0.25) is 4.79 Å². The minimum atomic E-state index is -1.14. The van der Waals surface area contributed by atoms with Crippen LogP contribution >= 0.6 is 0 Å². The van der Waals surface area contributed by atoms with E-state index in [-0.39, 0.29) is 33.9 Å². The summed E-state index contributed by atoms with van der Waals surface area (Å²) in [6.45, 7) is 3.84. The zero-order valence-electron chi connectivity index (χ0n) is 19.7. The topological polar surface area (TPSA) is 95.2 Å². The number of carbonyl (C=O) groups is 1. The number of nitrogens with zero attached hydrogens (tertiary/aromatic N) is 2. The normalized spacial score (nSPS) is 13.4. The second kappa shape index (κ2) is 10.4. The van der Waals surface area contributed by atoms with Crippen LogP contribution in [0.4, 0.5) is 14.5 Å². The van der Waals surface area contributed by atoms with Crippen molar-refractivity contribution < 1.29 is 23.4 Å². The van der Waals surface area contributed by atoms with Crippen LogP contribution in [-0.2, 0) is 4.79 Å². The molecule has 2 aromatic carbocycles. The Morgan fingerprint density at radius 3 is 2.56 bits per heavy atom. The lowest BCUT2D eigenvalue weighted by Crippen LogP contribution is -2.36. The maximum atomic E-state index is 14.3. The van der Waals surface area contributed by atoms with Gasteiger partial charge in [0.2, 0.25) is 0 Å². The smallest absolute Gasteiger partial charge is 0.325 e. The first-order valence-corrected chi connectivity index (χ1v) is 11.4. The van der Waals surface area contributed by atoms with Crippen molar-refractivity contribution in [2.45, 2.75) is 26.3 Å². The number of benzene rings is 2. The molecule has 1 aliphatic carbocycles. The molecule has 0 spiro atoms. The molecular formula is C28H23F2N3O3. The summed E-state index contributed by atoms with van der Waals surface area (Å²) in [4.78, 5) is 16.0. The molecule has 1 aromatic heterocycles. The molecule has 36 heavy (non-hydrogen) atoms. The van der Waals surface area contributed by atoms with Crippen molar-refractivity contribution >= 4 is 23.8 Å². The van der Waals surface area contributed by atoms with Gasteiger partial charge in [0.25, 0.3) is 0 Å². The third-order valence-corrected chi connectivity index (χ3v) is 5.77. The molecule has 1 unspecified atom stereocenters. The molecule has 0 saturated carbocycles. The van der Waals surface area contributed by atoms with Crippen molar-refractivity contribution in [2.24, 2.45) is 0 Å². The number of ether oxygens (including phenoxy) is 1. The highest BCUT2D eigenvalue weighted by Crippen LogP contribution is 2.32.